The molecule has 0 saturated carbocycles. The minimum absolute atomic E-state index is 0.333. The summed E-state index contributed by atoms with van der Waals surface area (Å²) >= 11 is 0. The number of nitrogens with one attached hydrogen (secondary N) is 1. The molecule has 20 heavy (non-hydrogen) atoms. The van der Waals surface area contributed by atoms with Crippen molar-refractivity contribution in [3.8, 4) is 0 Å². The molecule has 1 aliphatic rings. The van der Waals surface area contributed by atoms with Crippen LogP contribution in [0.3, 0.4) is 0 Å². The van der Waals surface area contributed by atoms with Crippen LogP contribution in [0.4, 0.5) is 0 Å². The van der Waals surface area contributed by atoms with Crippen molar-refractivity contribution >= 4 is 0 Å². The van der Waals surface area contributed by atoms with Crippen molar-refractivity contribution < 1.29 is 0 Å². The highest BCUT2D eigenvalue weighted by Crippen LogP contribution is 2.31. The largest absolute Gasteiger partial charge is 0.306 e. The van der Waals surface area contributed by atoms with Crippen LogP contribution in [0.1, 0.15) is 68.9 Å². The summed E-state index contributed by atoms with van der Waals surface area (Å²) in [4.78, 5) is 0. The minimum Gasteiger partial charge on any atom is -0.306 e. The Kier molecular flexibility index (Phi) is 5.72. The van der Waals surface area contributed by atoms with Crippen molar-refractivity contribution in [2.45, 2.75) is 65.3 Å². The van der Waals surface area contributed by atoms with Gasteiger partial charge < -0.3 is 5.32 Å². The molecule has 0 saturated heterocycles. The van der Waals surface area contributed by atoms with Gasteiger partial charge in [-0.2, -0.15) is 10.2 Å². The highest BCUT2D eigenvalue weighted by atomic mass is 15.1. The summed E-state index contributed by atoms with van der Waals surface area (Å²) in [5.74, 6) is 0. The normalized spacial score (nSPS) is 16.9. The van der Waals surface area contributed by atoms with Crippen molar-refractivity contribution in [2.24, 2.45) is 0 Å². The highest BCUT2D eigenvalue weighted by Gasteiger charge is 2.21. The minimum atomic E-state index is 0.333. The van der Waals surface area contributed by atoms with E-state index < -0.39 is 0 Å². The lowest BCUT2D eigenvalue weighted by Crippen LogP contribution is -2.26. The van der Waals surface area contributed by atoms with Gasteiger partial charge in [-0.15, -0.1) is 0 Å². The van der Waals surface area contributed by atoms with Gasteiger partial charge >= 0.3 is 0 Å². The Bertz CT molecular complexity index is 465. The molecule has 0 aliphatic heterocycles. The third kappa shape index (κ3) is 3.66. The van der Waals surface area contributed by atoms with Gasteiger partial charge in [-0.05, 0) is 63.6 Å². The summed E-state index contributed by atoms with van der Waals surface area (Å²) in [6.07, 6.45) is 9.62. The van der Waals surface area contributed by atoms with Crippen LogP contribution in [0.15, 0.2) is 17.7 Å². The molecule has 1 unspecified atom stereocenters. The maximum Gasteiger partial charge on any atom is 0.0679 e. The molecule has 110 valence electrons. The summed E-state index contributed by atoms with van der Waals surface area (Å²) in [5.41, 5.74) is 5.03. The predicted molar refractivity (Wildman–Crippen MR) is 83.7 cm³/mol. The van der Waals surface area contributed by atoms with E-state index in [2.05, 4.69) is 41.5 Å². The molecule has 0 radical (unpaired) electrons. The fraction of sp³-hybridized carbons (Fsp3) is 0.647. The van der Waals surface area contributed by atoms with Crippen LogP contribution in [-0.4, -0.2) is 16.7 Å². The molecule has 0 bridgehead atoms. The molecule has 1 N–H and O–H groups in total. The highest BCUT2D eigenvalue weighted by molar-refractivity contribution is 5.33. The first-order valence-electron chi connectivity index (χ1n) is 8.01. The van der Waals surface area contributed by atoms with Crippen LogP contribution in [0, 0.1) is 6.92 Å². The average Bonchev–Trinajstić information content (AvgIpc) is 2.49. The lowest BCUT2D eigenvalue weighted by Gasteiger charge is -2.26. The number of aromatic nitrogens is 2. The van der Waals surface area contributed by atoms with Crippen molar-refractivity contribution in [1.29, 1.82) is 0 Å². The third-order valence-electron chi connectivity index (χ3n) is 3.97. The van der Waals surface area contributed by atoms with Gasteiger partial charge in [0.05, 0.1) is 17.4 Å². The molecule has 1 heterocycles. The van der Waals surface area contributed by atoms with E-state index >= 15 is 0 Å². The SMILES string of the molecule is CCCNC(C1=CCCCC1)c1cc(C)nnc1CC. The monoisotopic (exact) mass is 273 g/mol. The van der Waals surface area contributed by atoms with Crippen molar-refractivity contribution in [3.05, 3.63) is 34.7 Å². The van der Waals surface area contributed by atoms with Gasteiger partial charge in [0.25, 0.3) is 0 Å². The Balaban J connectivity index is 2.34. The molecule has 0 fully saturated rings. The van der Waals surface area contributed by atoms with Crippen LogP contribution in [-0.2, 0) is 6.42 Å². The van der Waals surface area contributed by atoms with Crippen molar-refractivity contribution in [2.75, 3.05) is 6.54 Å². The van der Waals surface area contributed by atoms with Gasteiger partial charge in [-0.3, -0.25) is 0 Å². The van der Waals surface area contributed by atoms with Crippen LogP contribution in [0.5, 0.6) is 0 Å². The third-order valence-corrected chi connectivity index (χ3v) is 3.97. The summed E-state index contributed by atoms with van der Waals surface area (Å²) in [5, 5.41) is 12.3. The lowest BCUT2D eigenvalue weighted by atomic mass is 9.88. The number of hydrogen-bond acceptors (Lipinski definition) is 3. The molecule has 3 nitrogen and oxygen atoms in total. The Labute approximate surface area is 122 Å². The molecule has 1 aromatic rings. The molecule has 2 rings (SSSR count). The van der Waals surface area contributed by atoms with E-state index in [0.717, 1.165) is 30.8 Å². The molecule has 0 aromatic carbocycles. The van der Waals surface area contributed by atoms with E-state index in [1.54, 1.807) is 5.57 Å². The van der Waals surface area contributed by atoms with E-state index in [0.29, 0.717) is 6.04 Å². The zero-order valence-corrected chi connectivity index (χ0v) is 13.1. The molecular formula is C17H27N3. The number of nitrogens with zero attached hydrogens (tertiary/aromatic N) is 2. The molecular weight excluding hydrogens is 246 g/mol. The van der Waals surface area contributed by atoms with Gasteiger partial charge in [0.1, 0.15) is 0 Å². The molecule has 1 aliphatic carbocycles. The Hall–Kier alpha value is -1.22. The quantitative estimate of drug-likeness (QED) is 0.799. The first kappa shape index (κ1) is 15.2. The smallest absolute Gasteiger partial charge is 0.0679 e. The summed E-state index contributed by atoms with van der Waals surface area (Å²) in [7, 11) is 0. The predicted octanol–water partition coefficient (Wildman–Crippen LogP) is 3.89. The number of rotatable bonds is 6. The first-order valence-corrected chi connectivity index (χ1v) is 8.01. The van der Waals surface area contributed by atoms with E-state index in [9.17, 15) is 0 Å². The second-order valence-corrected chi connectivity index (χ2v) is 5.65. The Morgan fingerprint density at radius 1 is 1.25 bits per heavy atom. The second kappa shape index (κ2) is 7.53. The van der Waals surface area contributed by atoms with Crippen LogP contribution < -0.4 is 5.32 Å². The van der Waals surface area contributed by atoms with Crippen LogP contribution in [0.2, 0.25) is 0 Å². The van der Waals surface area contributed by atoms with Crippen LogP contribution >= 0.6 is 0 Å². The van der Waals surface area contributed by atoms with Gasteiger partial charge in [0, 0.05) is 0 Å². The summed E-state index contributed by atoms with van der Waals surface area (Å²) in [6, 6.07) is 2.55. The van der Waals surface area contributed by atoms with Crippen LogP contribution in [0.25, 0.3) is 0 Å². The molecule has 3 heteroatoms. The maximum atomic E-state index is 4.40. The number of allylic oxidation sites excluding steroid dienone is 1. The van der Waals surface area contributed by atoms with Gasteiger partial charge in [-0.1, -0.05) is 25.5 Å². The van der Waals surface area contributed by atoms with E-state index in [4.69, 9.17) is 0 Å². The lowest BCUT2D eigenvalue weighted by molar-refractivity contribution is 0.540. The first-order chi connectivity index (χ1) is 9.76. The second-order valence-electron chi connectivity index (χ2n) is 5.65. The van der Waals surface area contributed by atoms with Gasteiger partial charge in [0.15, 0.2) is 0 Å². The molecule has 0 spiro atoms. The zero-order valence-electron chi connectivity index (χ0n) is 13.1. The number of hydrogen-bond donors (Lipinski definition) is 1. The maximum absolute atomic E-state index is 4.40. The zero-order chi connectivity index (χ0) is 14.4. The fourth-order valence-electron chi connectivity index (χ4n) is 2.91. The Morgan fingerprint density at radius 3 is 2.75 bits per heavy atom. The van der Waals surface area contributed by atoms with E-state index in [1.807, 2.05) is 6.92 Å². The van der Waals surface area contributed by atoms with Gasteiger partial charge in [-0.25, -0.2) is 0 Å². The van der Waals surface area contributed by atoms with Crippen molar-refractivity contribution in [3.63, 3.8) is 0 Å². The molecule has 1 atom stereocenters. The number of aryl methyl sites for hydroxylation is 2. The average molecular weight is 273 g/mol. The summed E-state index contributed by atoms with van der Waals surface area (Å²) in [6.45, 7) is 7.46. The van der Waals surface area contributed by atoms with Crippen molar-refractivity contribution in [1.82, 2.24) is 15.5 Å². The topological polar surface area (TPSA) is 37.8 Å². The summed E-state index contributed by atoms with van der Waals surface area (Å²) < 4.78 is 0. The van der Waals surface area contributed by atoms with Gasteiger partial charge in [0.2, 0.25) is 0 Å². The Morgan fingerprint density at radius 2 is 2.10 bits per heavy atom. The molecule has 0 amide bonds. The fourth-order valence-corrected chi connectivity index (χ4v) is 2.91. The molecule has 1 aromatic heterocycles. The van der Waals surface area contributed by atoms with E-state index in [1.165, 1.54) is 31.2 Å². The standard InChI is InChI=1S/C17H27N3/c1-4-11-18-17(14-9-7-6-8-10-14)15-12-13(3)19-20-16(15)5-2/h9,12,17-18H,4-8,10-11H2,1-3H3. The van der Waals surface area contributed by atoms with E-state index in [-0.39, 0.29) is 0 Å².